The molecule has 174 valence electrons. The van der Waals surface area contributed by atoms with Gasteiger partial charge in [0.2, 0.25) is 5.91 Å². The lowest BCUT2D eigenvalue weighted by Gasteiger charge is -2.32. The van der Waals surface area contributed by atoms with Crippen molar-refractivity contribution in [2.75, 3.05) is 32.8 Å². The summed E-state index contributed by atoms with van der Waals surface area (Å²) in [5, 5.41) is 9.69. The van der Waals surface area contributed by atoms with Crippen molar-refractivity contribution in [2.45, 2.75) is 64.3 Å². The van der Waals surface area contributed by atoms with Gasteiger partial charge in [-0.1, -0.05) is 18.9 Å². The van der Waals surface area contributed by atoms with Crippen LogP contribution in [0.15, 0.2) is 23.2 Å². The average Bonchev–Trinajstić information content (AvgIpc) is 3.18. The lowest BCUT2D eigenvalue weighted by molar-refractivity contribution is -0.121. The second-order valence-electron chi connectivity index (χ2n) is 9.19. The van der Waals surface area contributed by atoms with E-state index >= 15 is 0 Å². The van der Waals surface area contributed by atoms with E-state index in [9.17, 15) is 4.79 Å². The van der Waals surface area contributed by atoms with Crippen LogP contribution in [0.25, 0.3) is 0 Å². The van der Waals surface area contributed by atoms with Crippen LogP contribution in [0.5, 0.6) is 11.5 Å². The van der Waals surface area contributed by atoms with Crippen molar-refractivity contribution in [3.05, 3.63) is 23.8 Å². The lowest BCUT2D eigenvalue weighted by Crippen LogP contribution is -2.46. The fourth-order valence-electron chi connectivity index (χ4n) is 4.20. The molecule has 0 atom stereocenters. The number of nitrogens with one attached hydrogen (secondary N) is 3. The lowest BCUT2D eigenvalue weighted by atomic mass is 9.78. The van der Waals surface area contributed by atoms with Crippen molar-refractivity contribution < 1.29 is 14.3 Å². The number of halogens is 1. The molecule has 1 aliphatic carbocycles. The van der Waals surface area contributed by atoms with E-state index in [4.69, 9.17) is 9.47 Å². The molecule has 3 N–H and O–H groups in total. The Labute approximate surface area is 203 Å². The third-order valence-corrected chi connectivity index (χ3v) is 5.55. The summed E-state index contributed by atoms with van der Waals surface area (Å²) in [6, 6.07) is 6.34. The Hall–Kier alpha value is -1.71. The van der Waals surface area contributed by atoms with Gasteiger partial charge in [0.1, 0.15) is 19.8 Å². The minimum atomic E-state index is -0.259. The number of carbonyl (C=O) groups excluding carboxylic acids is 1. The number of ether oxygens (including phenoxy) is 2. The number of rotatable bonds is 6. The minimum Gasteiger partial charge on any atom is -0.486 e. The van der Waals surface area contributed by atoms with Gasteiger partial charge in [0.25, 0.3) is 0 Å². The molecular weight excluding hydrogens is 507 g/mol. The molecule has 0 aromatic heterocycles. The number of hydrogen-bond acceptors (Lipinski definition) is 4. The molecule has 3 rings (SSSR count). The summed E-state index contributed by atoms with van der Waals surface area (Å²) in [4.78, 5) is 16.6. The molecule has 1 saturated carbocycles. The summed E-state index contributed by atoms with van der Waals surface area (Å²) in [5.74, 6) is 2.25. The van der Waals surface area contributed by atoms with Gasteiger partial charge in [-0.25, -0.2) is 4.99 Å². The first-order chi connectivity index (χ1) is 14.3. The van der Waals surface area contributed by atoms with E-state index in [1.54, 1.807) is 0 Å². The van der Waals surface area contributed by atoms with Gasteiger partial charge in [-0.05, 0) is 58.2 Å². The van der Waals surface area contributed by atoms with Crippen LogP contribution in [-0.2, 0) is 10.2 Å². The third-order valence-electron chi connectivity index (χ3n) is 5.55. The first-order valence-corrected chi connectivity index (χ1v) is 11.0. The summed E-state index contributed by atoms with van der Waals surface area (Å²) >= 11 is 0. The van der Waals surface area contributed by atoms with Crippen molar-refractivity contribution in [2.24, 2.45) is 4.99 Å². The molecule has 7 nitrogen and oxygen atoms in total. The van der Waals surface area contributed by atoms with Crippen LogP contribution in [0.2, 0.25) is 0 Å². The van der Waals surface area contributed by atoms with Gasteiger partial charge in [-0.3, -0.25) is 4.79 Å². The fourth-order valence-corrected chi connectivity index (χ4v) is 4.20. The molecule has 2 aliphatic rings. The second-order valence-corrected chi connectivity index (χ2v) is 9.19. The van der Waals surface area contributed by atoms with Crippen LogP contribution in [0, 0.1) is 0 Å². The van der Waals surface area contributed by atoms with E-state index in [0.717, 1.165) is 37.4 Å². The van der Waals surface area contributed by atoms with Gasteiger partial charge < -0.3 is 25.4 Å². The average molecular weight is 544 g/mol. The van der Waals surface area contributed by atoms with Crippen LogP contribution in [-0.4, -0.2) is 50.3 Å². The minimum absolute atomic E-state index is 0. The molecule has 8 heteroatoms. The summed E-state index contributed by atoms with van der Waals surface area (Å²) in [7, 11) is 0. The van der Waals surface area contributed by atoms with Gasteiger partial charge in [0.15, 0.2) is 17.5 Å². The molecule has 1 aromatic carbocycles. The number of guanidine groups is 1. The molecule has 1 amide bonds. The molecule has 0 bridgehead atoms. The maximum absolute atomic E-state index is 12.1. The molecule has 1 fully saturated rings. The summed E-state index contributed by atoms with van der Waals surface area (Å²) in [6.07, 6.45) is 4.64. The summed E-state index contributed by atoms with van der Waals surface area (Å²) < 4.78 is 11.5. The molecule has 0 spiro atoms. The number of fused-ring (bicyclic) bond motifs is 1. The Kier molecular flexibility index (Phi) is 9.27. The SMILES string of the molecule is CCNC(=NCC(=O)NC(C)(C)C)NCC1(c2ccc3c(c2)OCCO3)CCCC1.I. The van der Waals surface area contributed by atoms with Crippen molar-refractivity contribution in [1.29, 1.82) is 0 Å². The van der Waals surface area contributed by atoms with Crippen LogP contribution in [0.3, 0.4) is 0 Å². The maximum atomic E-state index is 12.1. The normalized spacial score (nSPS) is 17.5. The van der Waals surface area contributed by atoms with Crippen molar-refractivity contribution in [3.63, 3.8) is 0 Å². The van der Waals surface area contributed by atoms with Gasteiger partial charge in [0.05, 0.1) is 0 Å². The Morgan fingerprint density at radius 2 is 1.77 bits per heavy atom. The Morgan fingerprint density at radius 3 is 2.42 bits per heavy atom. The molecule has 0 saturated heterocycles. The second kappa shape index (κ2) is 11.2. The Morgan fingerprint density at radius 1 is 1.10 bits per heavy atom. The zero-order valence-corrected chi connectivity index (χ0v) is 21.5. The van der Waals surface area contributed by atoms with Crippen molar-refractivity contribution >= 4 is 35.8 Å². The van der Waals surface area contributed by atoms with Crippen molar-refractivity contribution in [1.82, 2.24) is 16.0 Å². The first kappa shape index (κ1) is 25.5. The Bertz CT molecular complexity index is 771. The summed E-state index contributed by atoms with van der Waals surface area (Å²) in [5.41, 5.74) is 1.04. The number of nitrogens with zero attached hydrogens (tertiary/aromatic N) is 1. The van der Waals surface area contributed by atoms with Crippen LogP contribution >= 0.6 is 24.0 Å². The van der Waals surface area contributed by atoms with E-state index in [1.807, 2.05) is 33.8 Å². The summed E-state index contributed by atoms with van der Waals surface area (Å²) in [6.45, 7) is 10.7. The van der Waals surface area contributed by atoms with Crippen LogP contribution in [0.1, 0.15) is 58.9 Å². The number of aliphatic imine (C=N–C) groups is 1. The smallest absolute Gasteiger partial charge is 0.242 e. The van der Waals surface area contributed by atoms with E-state index in [2.05, 4.69) is 33.1 Å². The van der Waals surface area contributed by atoms with E-state index in [0.29, 0.717) is 19.2 Å². The highest BCUT2D eigenvalue weighted by atomic mass is 127. The number of amides is 1. The topological polar surface area (TPSA) is 84.0 Å². The standard InChI is InChI=1S/C23H36N4O3.HI/c1-5-24-21(25-15-20(28)27-22(2,3)4)26-16-23(10-6-7-11-23)17-8-9-18-19(14-17)30-13-12-29-18;/h8-9,14H,5-7,10-13,15-16H2,1-4H3,(H,27,28)(H2,24,25,26);1H. The predicted octanol–water partition coefficient (Wildman–Crippen LogP) is 3.36. The highest BCUT2D eigenvalue weighted by Crippen LogP contribution is 2.43. The van der Waals surface area contributed by atoms with Gasteiger partial charge in [0, 0.05) is 24.0 Å². The third kappa shape index (κ3) is 7.15. The molecule has 1 aliphatic heterocycles. The fraction of sp³-hybridized carbons (Fsp3) is 0.652. The first-order valence-electron chi connectivity index (χ1n) is 11.0. The number of benzene rings is 1. The predicted molar refractivity (Wildman–Crippen MR) is 135 cm³/mol. The van der Waals surface area contributed by atoms with Crippen LogP contribution < -0.4 is 25.4 Å². The van der Waals surface area contributed by atoms with Gasteiger partial charge in [-0.15, -0.1) is 24.0 Å². The van der Waals surface area contributed by atoms with E-state index in [-0.39, 0.29) is 47.4 Å². The highest BCUT2D eigenvalue weighted by molar-refractivity contribution is 14.0. The largest absolute Gasteiger partial charge is 0.486 e. The van der Waals surface area contributed by atoms with Gasteiger partial charge in [-0.2, -0.15) is 0 Å². The molecular formula is C23H37IN4O3. The molecule has 1 heterocycles. The van der Waals surface area contributed by atoms with E-state index < -0.39 is 0 Å². The zero-order valence-electron chi connectivity index (χ0n) is 19.2. The van der Waals surface area contributed by atoms with Gasteiger partial charge >= 0.3 is 0 Å². The van der Waals surface area contributed by atoms with Crippen molar-refractivity contribution in [3.8, 4) is 11.5 Å². The molecule has 31 heavy (non-hydrogen) atoms. The molecule has 0 radical (unpaired) electrons. The molecule has 0 unspecified atom stereocenters. The molecule has 1 aromatic rings. The number of hydrogen-bond donors (Lipinski definition) is 3. The Balaban J connectivity index is 0.00000341. The monoisotopic (exact) mass is 544 g/mol. The maximum Gasteiger partial charge on any atom is 0.242 e. The van der Waals surface area contributed by atoms with Crippen LogP contribution in [0.4, 0.5) is 0 Å². The van der Waals surface area contributed by atoms with E-state index in [1.165, 1.54) is 18.4 Å². The number of carbonyl (C=O) groups is 1. The highest BCUT2D eigenvalue weighted by Gasteiger charge is 2.36. The zero-order chi connectivity index (χ0) is 21.6. The quantitative estimate of drug-likeness (QED) is 0.291.